The average molecular weight is 457 g/mol. The molecular weight excluding hydrogens is 439 g/mol. The zero-order chi connectivity index (χ0) is 23.4. The maximum Gasteiger partial charge on any atom is 0.573 e. The van der Waals surface area contributed by atoms with Crippen LogP contribution in [0.1, 0.15) is 18.4 Å². The Kier molecular flexibility index (Phi) is 4.70. The Morgan fingerprint density at radius 1 is 1.03 bits per heavy atom. The maximum absolute atomic E-state index is 13.3. The number of amides is 3. The first kappa shape index (κ1) is 21.0. The number of hydrogen-bond acceptors (Lipinski definition) is 5. The van der Waals surface area contributed by atoms with Crippen molar-refractivity contribution in [2.45, 2.75) is 31.3 Å². The average Bonchev–Trinajstić information content (AvgIpc) is 3.55. The molecule has 0 atom stereocenters. The van der Waals surface area contributed by atoms with Gasteiger partial charge < -0.3 is 14.4 Å². The van der Waals surface area contributed by atoms with E-state index in [9.17, 15) is 22.8 Å². The van der Waals surface area contributed by atoms with Gasteiger partial charge in [-0.15, -0.1) is 13.2 Å². The summed E-state index contributed by atoms with van der Waals surface area (Å²) in [6.07, 6.45) is -2.14. The third kappa shape index (κ3) is 3.61. The highest BCUT2D eigenvalue weighted by Crippen LogP contribution is 2.50. The Morgan fingerprint density at radius 2 is 1.73 bits per heavy atom. The van der Waals surface area contributed by atoms with Crippen molar-refractivity contribution in [2.24, 2.45) is 0 Å². The highest BCUT2D eigenvalue weighted by molar-refractivity contribution is 6.24. The Hall–Kier alpha value is -3.82. The van der Waals surface area contributed by atoms with E-state index in [4.69, 9.17) is 4.74 Å². The molecule has 0 bridgehead atoms. The molecule has 0 radical (unpaired) electrons. The number of pyridine rings is 1. The van der Waals surface area contributed by atoms with E-state index in [1.54, 1.807) is 31.5 Å². The minimum atomic E-state index is -4.83. The van der Waals surface area contributed by atoms with Crippen LogP contribution in [0.25, 0.3) is 10.9 Å². The molecule has 1 aliphatic heterocycles. The number of anilines is 1. The van der Waals surface area contributed by atoms with E-state index in [2.05, 4.69) is 9.72 Å². The second-order valence-corrected chi connectivity index (χ2v) is 7.94. The molecule has 1 aliphatic carbocycles. The lowest BCUT2D eigenvalue weighted by molar-refractivity contribution is -0.274. The van der Waals surface area contributed by atoms with Crippen LogP contribution in [0, 0.1) is 0 Å². The molecule has 1 aromatic heterocycles. The van der Waals surface area contributed by atoms with Gasteiger partial charge in [0.05, 0.1) is 18.3 Å². The minimum absolute atomic E-state index is 0.192. The number of benzene rings is 2. The Labute approximate surface area is 186 Å². The van der Waals surface area contributed by atoms with Gasteiger partial charge in [-0.1, -0.05) is 0 Å². The van der Waals surface area contributed by atoms with Crippen molar-refractivity contribution >= 4 is 28.5 Å². The molecule has 0 unspecified atom stereocenters. The summed E-state index contributed by atoms with van der Waals surface area (Å²) in [4.78, 5) is 33.4. The summed E-state index contributed by atoms with van der Waals surface area (Å²) in [5.74, 6) is -0.151. The normalized spacial score (nSPS) is 17.2. The number of methoxy groups -OCH3 is 1. The van der Waals surface area contributed by atoms with E-state index >= 15 is 0 Å². The van der Waals surface area contributed by atoms with Crippen LogP contribution in [0.3, 0.4) is 0 Å². The van der Waals surface area contributed by atoms with Gasteiger partial charge in [0.2, 0.25) is 0 Å². The summed E-state index contributed by atoms with van der Waals surface area (Å²) >= 11 is 0. The highest BCUT2D eigenvalue weighted by Gasteiger charge is 2.65. The molecule has 7 nitrogen and oxygen atoms in total. The number of ether oxygens (including phenoxy) is 2. The van der Waals surface area contributed by atoms with Gasteiger partial charge in [-0.05, 0) is 60.9 Å². The first-order valence-corrected chi connectivity index (χ1v) is 10.2. The molecule has 2 aromatic carbocycles. The summed E-state index contributed by atoms with van der Waals surface area (Å²) in [7, 11) is 1.56. The molecule has 3 aromatic rings. The number of urea groups is 1. The van der Waals surface area contributed by atoms with E-state index in [-0.39, 0.29) is 18.1 Å². The number of carbonyl (C=O) groups is 2. The topological polar surface area (TPSA) is 72.0 Å². The molecule has 0 N–H and O–H groups in total. The molecule has 2 aliphatic rings. The number of fused-ring (bicyclic) bond motifs is 1. The SMILES string of the molecule is COc1ccc2c(CN3C(=O)N(c4ccc(OC(F)(F)F)cc4)C(=O)C34CC4)ccnc2c1. The van der Waals surface area contributed by atoms with Crippen molar-refractivity contribution < 1.29 is 32.2 Å². The maximum atomic E-state index is 13.3. The van der Waals surface area contributed by atoms with Crippen LogP contribution in [-0.2, 0) is 11.3 Å². The van der Waals surface area contributed by atoms with Crippen molar-refractivity contribution in [3.05, 3.63) is 60.3 Å². The first-order chi connectivity index (χ1) is 15.7. The predicted octanol–water partition coefficient (Wildman–Crippen LogP) is 4.64. The zero-order valence-electron chi connectivity index (χ0n) is 17.4. The lowest BCUT2D eigenvalue weighted by atomic mass is 10.1. The number of halogens is 3. The van der Waals surface area contributed by atoms with Crippen LogP contribution in [-0.4, -0.2) is 40.8 Å². The van der Waals surface area contributed by atoms with Crippen molar-refractivity contribution in [1.82, 2.24) is 9.88 Å². The number of carbonyl (C=O) groups excluding carboxylic acids is 2. The monoisotopic (exact) mass is 457 g/mol. The number of nitrogens with zero attached hydrogens (tertiary/aromatic N) is 3. The molecule has 3 amide bonds. The molecule has 170 valence electrons. The van der Waals surface area contributed by atoms with Crippen LogP contribution in [0.2, 0.25) is 0 Å². The first-order valence-electron chi connectivity index (χ1n) is 10.2. The molecule has 1 spiro atoms. The Balaban J connectivity index is 1.44. The van der Waals surface area contributed by atoms with Gasteiger partial charge in [0, 0.05) is 24.2 Å². The second-order valence-electron chi connectivity index (χ2n) is 7.94. The highest BCUT2D eigenvalue weighted by atomic mass is 19.4. The molecule has 1 saturated carbocycles. The molecule has 1 saturated heterocycles. The number of rotatable bonds is 5. The standard InChI is InChI=1S/C23H18F3N3O4/c1-32-17-6-7-18-14(8-11-27-19(18)12-17)13-28-21(31)29(20(30)22(28)9-10-22)15-2-4-16(5-3-15)33-23(24,25)26/h2-8,11-12H,9-10,13H2,1H3. The van der Waals surface area contributed by atoms with E-state index in [1.165, 1.54) is 17.0 Å². The molecule has 33 heavy (non-hydrogen) atoms. The number of imide groups is 1. The largest absolute Gasteiger partial charge is 0.573 e. The summed E-state index contributed by atoms with van der Waals surface area (Å²) in [5.41, 5.74) is 0.788. The van der Waals surface area contributed by atoms with Gasteiger partial charge in [-0.25, -0.2) is 9.69 Å². The van der Waals surface area contributed by atoms with E-state index in [1.807, 2.05) is 6.07 Å². The number of hydrogen-bond donors (Lipinski definition) is 0. The lowest BCUT2D eigenvalue weighted by Crippen LogP contribution is -2.36. The smallest absolute Gasteiger partial charge is 0.497 e. The molecule has 2 fully saturated rings. The van der Waals surface area contributed by atoms with Crippen LogP contribution < -0.4 is 14.4 Å². The minimum Gasteiger partial charge on any atom is -0.497 e. The third-order valence-corrected chi connectivity index (χ3v) is 5.96. The summed E-state index contributed by atoms with van der Waals surface area (Å²) in [6, 6.07) is 11.4. The Bertz CT molecular complexity index is 1260. The number of alkyl halides is 3. The lowest BCUT2D eigenvalue weighted by Gasteiger charge is -2.22. The van der Waals surface area contributed by atoms with Crippen molar-refractivity contribution in [1.29, 1.82) is 0 Å². The Morgan fingerprint density at radius 3 is 2.36 bits per heavy atom. The van der Waals surface area contributed by atoms with Crippen LogP contribution in [0.15, 0.2) is 54.7 Å². The summed E-state index contributed by atoms with van der Waals surface area (Å²) < 4.78 is 46.4. The van der Waals surface area contributed by atoms with Crippen molar-refractivity contribution in [2.75, 3.05) is 12.0 Å². The molecule has 10 heteroatoms. The van der Waals surface area contributed by atoms with E-state index < -0.39 is 23.7 Å². The van der Waals surface area contributed by atoms with Gasteiger partial charge >= 0.3 is 12.4 Å². The van der Waals surface area contributed by atoms with Crippen LogP contribution in [0.4, 0.5) is 23.7 Å². The van der Waals surface area contributed by atoms with Crippen molar-refractivity contribution in [3.63, 3.8) is 0 Å². The van der Waals surface area contributed by atoms with E-state index in [0.29, 0.717) is 24.1 Å². The molecule has 2 heterocycles. The van der Waals surface area contributed by atoms with E-state index in [0.717, 1.165) is 28.0 Å². The van der Waals surface area contributed by atoms with Gasteiger partial charge in [-0.3, -0.25) is 9.78 Å². The predicted molar refractivity (Wildman–Crippen MR) is 112 cm³/mol. The van der Waals surface area contributed by atoms with Crippen molar-refractivity contribution in [3.8, 4) is 11.5 Å². The summed E-state index contributed by atoms with van der Waals surface area (Å²) in [5, 5.41) is 0.835. The summed E-state index contributed by atoms with van der Waals surface area (Å²) in [6.45, 7) is 0.196. The second kappa shape index (κ2) is 7.36. The third-order valence-electron chi connectivity index (χ3n) is 5.96. The molecular formula is C23H18F3N3O4. The fourth-order valence-corrected chi connectivity index (χ4v) is 4.18. The fourth-order valence-electron chi connectivity index (χ4n) is 4.18. The number of aromatic nitrogens is 1. The quantitative estimate of drug-likeness (QED) is 0.522. The fraction of sp³-hybridized carbons (Fsp3) is 0.261. The zero-order valence-corrected chi connectivity index (χ0v) is 17.4. The van der Waals surface area contributed by atoms with Gasteiger partial charge in [-0.2, -0.15) is 0 Å². The van der Waals surface area contributed by atoms with Gasteiger partial charge in [0.15, 0.2) is 0 Å². The van der Waals surface area contributed by atoms with Gasteiger partial charge in [0.25, 0.3) is 5.91 Å². The van der Waals surface area contributed by atoms with Crippen LogP contribution >= 0.6 is 0 Å². The van der Waals surface area contributed by atoms with Crippen LogP contribution in [0.5, 0.6) is 11.5 Å². The van der Waals surface area contributed by atoms with Gasteiger partial charge in [0.1, 0.15) is 17.0 Å². The molecule has 5 rings (SSSR count).